The molecule has 1 saturated heterocycles. The van der Waals surface area contributed by atoms with Crippen LogP contribution in [0.5, 0.6) is 11.5 Å². The highest BCUT2D eigenvalue weighted by molar-refractivity contribution is 5.66. The van der Waals surface area contributed by atoms with Crippen molar-refractivity contribution in [3.8, 4) is 11.5 Å². The van der Waals surface area contributed by atoms with Crippen LogP contribution >= 0.6 is 0 Å². The van der Waals surface area contributed by atoms with Crippen molar-refractivity contribution >= 4 is 5.97 Å². The molecule has 2 rings (SSSR count). The summed E-state index contributed by atoms with van der Waals surface area (Å²) >= 11 is 0. The maximum atomic E-state index is 10.7. The van der Waals surface area contributed by atoms with Crippen molar-refractivity contribution in [2.24, 2.45) is 0 Å². The van der Waals surface area contributed by atoms with Crippen molar-refractivity contribution in [2.75, 3.05) is 27.3 Å². The first-order valence-corrected chi connectivity index (χ1v) is 6.83. The molecule has 1 heterocycles. The van der Waals surface area contributed by atoms with E-state index in [1.54, 1.807) is 14.2 Å². The van der Waals surface area contributed by atoms with Crippen LogP contribution in [-0.2, 0) is 4.79 Å². The number of nitrogens with zero attached hydrogens (tertiary/aromatic N) is 1. The van der Waals surface area contributed by atoms with Crippen LogP contribution in [0.25, 0.3) is 0 Å². The molecule has 1 aliphatic heterocycles. The molecular formula is C15H21NO4. The van der Waals surface area contributed by atoms with E-state index in [1.165, 1.54) is 0 Å². The second-order valence-corrected chi connectivity index (χ2v) is 4.95. The highest BCUT2D eigenvalue weighted by atomic mass is 16.5. The molecule has 0 bridgehead atoms. The molecule has 1 aromatic carbocycles. The van der Waals surface area contributed by atoms with E-state index < -0.39 is 5.97 Å². The van der Waals surface area contributed by atoms with Gasteiger partial charge in [-0.15, -0.1) is 0 Å². The number of hydrogen-bond donors (Lipinski definition) is 1. The lowest BCUT2D eigenvalue weighted by molar-refractivity contribution is -0.137. The van der Waals surface area contributed by atoms with Crippen LogP contribution < -0.4 is 9.47 Å². The Morgan fingerprint density at radius 2 is 2.20 bits per heavy atom. The van der Waals surface area contributed by atoms with Crippen molar-refractivity contribution < 1.29 is 19.4 Å². The molecule has 1 atom stereocenters. The Balaban J connectivity index is 2.18. The fourth-order valence-corrected chi connectivity index (χ4v) is 2.78. The van der Waals surface area contributed by atoms with E-state index in [4.69, 9.17) is 14.6 Å². The molecule has 1 aromatic rings. The minimum absolute atomic E-state index is 0.176. The molecule has 5 nitrogen and oxygen atoms in total. The number of carbonyl (C=O) groups is 1. The number of likely N-dealkylation sites (tertiary alicyclic amines) is 1. The summed E-state index contributed by atoms with van der Waals surface area (Å²) in [7, 11) is 3.28. The van der Waals surface area contributed by atoms with Gasteiger partial charge in [0.2, 0.25) is 0 Å². The molecule has 1 aliphatic rings. The van der Waals surface area contributed by atoms with Gasteiger partial charge in [0, 0.05) is 24.2 Å². The molecule has 110 valence electrons. The van der Waals surface area contributed by atoms with Crippen LogP contribution in [0.1, 0.15) is 30.9 Å². The Morgan fingerprint density at radius 3 is 2.85 bits per heavy atom. The average molecular weight is 279 g/mol. The Hall–Kier alpha value is -1.75. The quantitative estimate of drug-likeness (QED) is 0.866. The van der Waals surface area contributed by atoms with Gasteiger partial charge in [-0.25, -0.2) is 0 Å². The van der Waals surface area contributed by atoms with Gasteiger partial charge in [-0.1, -0.05) is 6.07 Å². The van der Waals surface area contributed by atoms with Crippen LogP contribution in [0, 0.1) is 0 Å². The maximum Gasteiger partial charge on any atom is 0.304 e. The van der Waals surface area contributed by atoms with Crippen LogP contribution in [-0.4, -0.2) is 43.3 Å². The van der Waals surface area contributed by atoms with Gasteiger partial charge < -0.3 is 14.6 Å². The number of aliphatic carboxylic acids is 1. The predicted octanol–water partition coefficient (Wildman–Crippen LogP) is 2.32. The van der Waals surface area contributed by atoms with Gasteiger partial charge in [0.1, 0.15) is 11.5 Å². The summed E-state index contributed by atoms with van der Waals surface area (Å²) < 4.78 is 10.7. The van der Waals surface area contributed by atoms with E-state index in [2.05, 4.69) is 4.90 Å². The summed E-state index contributed by atoms with van der Waals surface area (Å²) in [5, 5.41) is 8.83. The molecule has 0 amide bonds. The SMILES string of the molecule is COc1ccc([C@H]2CCCN2CCC(=O)O)c(OC)c1. The Kier molecular flexibility index (Phi) is 4.84. The topological polar surface area (TPSA) is 59.0 Å². The lowest BCUT2D eigenvalue weighted by Crippen LogP contribution is -2.26. The monoisotopic (exact) mass is 279 g/mol. The van der Waals surface area contributed by atoms with Crippen molar-refractivity contribution in [3.05, 3.63) is 23.8 Å². The number of hydrogen-bond acceptors (Lipinski definition) is 4. The molecule has 1 N–H and O–H groups in total. The number of benzene rings is 1. The van der Waals surface area contributed by atoms with E-state index >= 15 is 0 Å². The summed E-state index contributed by atoms with van der Waals surface area (Å²) in [5.74, 6) is 0.814. The third-order valence-electron chi connectivity index (χ3n) is 3.78. The van der Waals surface area contributed by atoms with E-state index in [1.807, 2.05) is 18.2 Å². The number of methoxy groups -OCH3 is 2. The first-order chi connectivity index (χ1) is 9.65. The molecule has 0 saturated carbocycles. The fourth-order valence-electron chi connectivity index (χ4n) is 2.78. The maximum absolute atomic E-state index is 10.7. The smallest absolute Gasteiger partial charge is 0.304 e. The van der Waals surface area contributed by atoms with Crippen molar-refractivity contribution in [1.29, 1.82) is 0 Å². The van der Waals surface area contributed by atoms with Crippen LogP contribution in [0.4, 0.5) is 0 Å². The second kappa shape index (κ2) is 6.61. The second-order valence-electron chi connectivity index (χ2n) is 4.95. The molecule has 0 unspecified atom stereocenters. The molecule has 20 heavy (non-hydrogen) atoms. The predicted molar refractivity (Wildman–Crippen MR) is 75.3 cm³/mol. The van der Waals surface area contributed by atoms with E-state index in [0.29, 0.717) is 6.54 Å². The highest BCUT2D eigenvalue weighted by Crippen LogP contribution is 2.38. The van der Waals surface area contributed by atoms with Gasteiger partial charge in [-0.2, -0.15) is 0 Å². The zero-order chi connectivity index (χ0) is 14.5. The van der Waals surface area contributed by atoms with Crippen molar-refractivity contribution in [3.63, 3.8) is 0 Å². The number of rotatable bonds is 6. The Labute approximate surface area is 119 Å². The number of ether oxygens (including phenoxy) is 2. The Bertz CT molecular complexity index is 475. The van der Waals surface area contributed by atoms with Gasteiger partial charge in [-0.3, -0.25) is 9.69 Å². The summed E-state index contributed by atoms with van der Waals surface area (Å²) in [6.45, 7) is 1.52. The van der Waals surface area contributed by atoms with Crippen molar-refractivity contribution in [2.45, 2.75) is 25.3 Å². The summed E-state index contributed by atoms with van der Waals surface area (Å²) in [5.41, 5.74) is 1.11. The highest BCUT2D eigenvalue weighted by Gasteiger charge is 2.28. The van der Waals surface area contributed by atoms with Gasteiger partial charge in [0.25, 0.3) is 0 Å². The first kappa shape index (κ1) is 14.7. The number of carboxylic acid groups (broad SMARTS) is 1. The molecule has 0 radical (unpaired) electrons. The molecule has 1 fully saturated rings. The van der Waals surface area contributed by atoms with E-state index in [9.17, 15) is 4.79 Å². The average Bonchev–Trinajstić information content (AvgIpc) is 2.92. The molecule has 0 spiro atoms. The van der Waals surface area contributed by atoms with Crippen molar-refractivity contribution in [1.82, 2.24) is 4.90 Å². The minimum Gasteiger partial charge on any atom is -0.497 e. The summed E-state index contributed by atoms with van der Waals surface area (Å²) in [6, 6.07) is 6.05. The fraction of sp³-hybridized carbons (Fsp3) is 0.533. The Morgan fingerprint density at radius 1 is 1.40 bits per heavy atom. The van der Waals surface area contributed by atoms with Crippen LogP contribution in [0.2, 0.25) is 0 Å². The van der Waals surface area contributed by atoms with E-state index in [-0.39, 0.29) is 12.5 Å². The third-order valence-corrected chi connectivity index (χ3v) is 3.78. The third kappa shape index (κ3) is 3.22. The minimum atomic E-state index is -0.752. The summed E-state index contributed by atoms with van der Waals surface area (Å²) in [4.78, 5) is 13.0. The van der Waals surface area contributed by atoms with Gasteiger partial charge >= 0.3 is 5.97 Å². The summed E-state index contributed by atoms with van der Waals surface area (Å²) in [6.07, 6.45) is 2.29. The zero-order valence-corrected chi connectivity index (χ0v) is 12.0. The van der Waals surface area contributed by atoms with E-state index in [0.717, 1.165) is 36.4 Å². The normalized spacial score (nSPS) is 19.0. The number of carboxylic acids is 1. The molecule has 0 aliphatic carbocycles. The lowest BCUT2D eigenvalue weighted by atomic mass is 10.0. The van der Waals surface area contributed by atoms with Crippen LogP contribution in [0.3, 0.4) is 0 Å². The molecule has 0 aromatic heterocycles. The molecule has 5 heteroatoms. The first-order valence-electron chi connectivity index (χ1n) is 6.83. The van der Waals surface area contributed by atoms with Crippen LogP contribution in [0.15, 0.2) is 18.2 Å². The lowest BCUT2D eigenvalue weighted by Gasteiger charge is -2.25. The zero-order valence-electron chi connectivity index (χ0n) is 12.0. The standard InChI is InChI=1S/C15H21NO4/c1-19-11-5-6-12(14(10-11)20-2)13-4-3-8-16(13)9-7-15(17)18/h5-6,10,13H,3-4,7-9H2,1-2H3,(H,17,18)/t13-/m1/s1. The largest absolute Gasteiger partial charge is 0.497 e. The van der Waals surface area contributed by atoms with Gasteiger partial charge in [0.05, 0.1) is 20.6 Å². The van der Waals surface area contributed by atoms with Gasteiger partial charge in [-0.05, 0) is 25.5 Å². The molecular weight excluding hydrogens is 258 g/mol. The van der Waals surface area contributed by atoms with Gasteiger partial charge in [0.15, 0.2) is 0 Å².